The van der Waals surface area contributed by atoms with Gasteiger partial charge in [0.05, 0.1) is 22.9 Å². The number of hydrogen-bond acceptors (Lipinski definition) is 5. The summed E-state index contributed by atoms with van der Waals surface area (Å²) in [5.41, 5.74) is 7.04. The van der Waals surface area contributed by atoms with E-state index in [0.717, 1.165) is 41.8 Å². The first-order valence-corrected chi connectivity index (χ1v) is 11.4. The summed E-state index contributed by atoms with van der Waals surface area (Å²) in [5, 5.41) is 11.4. The summed E-state index contributed by atoms with van der Waals surface area (Å²) < 4.78 is 7.92. The Kier molecular flexibility index (Phi) is 6.79. The summed E-state index contributed by atoms with van der Waals surface area (Å²) in [4.78, 5) is 4.43. The molecular formula is C25H28N4OS. The quantitative estimate of drug-likeness (QED) is 0.396. The van der Waals surface area contributed by atoms with E-state index in [9.17, 15) is 0 Å². The number of ether oxygens (including phenoxy) is 1. The molecule has 0 fully saturated rings. The van der Waals surface area contributed by atoms with Gasteiger partial charge < -0.3 is 10.1 Å². The molecule has 2 heterocycles. The van der Waals surface area contributed by atoms with Crippen LogP contribution in [0.4, 0.5) is 0 Å². The number of rotatable bonds is 9. The number of aryl methyl sites for hydroxylation is 2. The van der Waals surface area contributed by atoms with E-state index >= 15 is 0 Å². The first-order chi connectivity index (χ1) is 15.1. The number of thiazole rings is 1. The van der Waals surface area contributed by atoms with E-state index in [1.54, 1.807) is 11.3 Å². The maximum absolute atomic E-state index is 5.83. The molecule has 4 aromatic rings. The zero-order chi connectivity index (χ0) is 21.6. The van der Waals surface area contributed by atoms with Gasteiger partial charge >= 0.3 is 0 Å². The van der Waals surface area contributed by atoms with Gasteiger partial charge in [0.2, 0.25) is 0 Å². The van der Waals surface area contributed by atoms with E-state index in [4.69, 9.17) is 9.84 Å². The van der Waals surface area contributed by atoms with Crippen molar-refractivity contribution in [1.29, 1.82) is 0 Å². The fraction of sp³-hybridized carbons (Fsp3) is 0.280. The van der Waals surface area contributed by atoms with Gasteiger partial charge in [-0.2, -0.15) is 5.10 Å². The zero-order valence-corrected chi connectivity index (χ0v) is 19.1. The van der Waals surface area contributed by atoms with Gasteiger partial charge in [0.25, 0.3) is 0 Å². The molecule has 0 amide bonds. The molecule has 5 nitrogen and oxygen atoms in total. The van der Waals surface area contributed by atoms with Crippen molar-refractivity contribution in [1.82, 2.24) is 20.1 Å². The monoisotopic (exact) mass is 432 g/mol. The Labute approximate surface area is 187 Å². The zero-order valence-electron chi connectivity index (χ0n) is 18.3. The average molecular weight is 433 g/mol. The van der Waals surface area contributed by atoms with Crippen LogP contribution >= 0.6 is 11.3 Å². The molecule has 2 aromatic carbocycles. The summed E-state index contributed by atoms with van der Waals surface area (Å²) in [5.74, 6) is 0.864. The molecule has 160 valence electrons. The molecule has 0 unspecified atom stereocenters. The Morgan fingerprint density at radius 3 is 2.42 bits per heavy atom. The molecular weight excluding hydrogens is 404 g/mol. The Bertz CT molecular complexity index is 1120. The van der Waals surface area contributed by atoms with E-state index in [-0.39, 0.29) is 0 Å². The largest absolute Gasteiger partial charge is 0.487 e. The molecule has 0 atom stereocenters. The van der Waals surface area contributed by atoms with Crippen LogP contribution < -0.4 is 10.1 Å². The number of nitrogens with zero attached hydrogens (tertiary/aromatic N) is 3. The van der Waals surface area contributed by atoms with Crippen LogP contribution in [0.3, 0.4) is 0 Å². The van der Waals surface area contributed by atoms with Gasteiger partial charge in [-0.1, -0.05) is 42.5 Å². The van der Waals surface area contributed by atoms with Gasteiger partial charge in [-0.25, -0.2) is 4.98 Å². The van der Waals surface area contributed by atoms with Crippen molar-refractivity contribution in [2.75, 3.05) is 0 Å². The second kappa shape index (κ2) is 9.90. The summed E-state index contributed by atoms with van der Waals surface area (Å²) in [6, 6.07) is 18.7. The fourth-order valence-electron chi connectivity index (χ4n) is 3.57. The highest BCUT2D eigenvalue weighted by Crippen LogP contribution is 2.17. The first-order valence-electron chi connectivity index (χ1n) is 10.5. The third kappa shape index (κ3) is 5.60. The molecule has 0 aliphatic rings. The van der Waals surface area contributed by atoms with Crippen LogP contribution in [-0.4, -0.2) is 14.8 Å². The van der Waals surface area contributed by atoms with Crippen molar-refractivity contribution < 1.29 is 4.74 Å². The Balaban J connectivity index is 1.29. The molecule has 31 heavy (non-hydrogen) atoms. The lowest BCUT2D eigenvalue weighted by molar-refractivity contribution is 0.302. The number of benzene rings is 2. The van der Waals surface area contributed by atoms with Gasteiger partial charge in [-0.05, 0) is 44.0 Å². The summed E-state index contributed by atoms with van der Waals surface area (Å²) in [7, 11) is 0. The highest BCUT2D eigenvalue weighted by molar-refractivity contribution is 7.09. The smallest absolute Gasteiger partial charge is 0.131 e. The molecule has 0 radical (unpaired) electrons. The van der Waals surface area contributed by atoms with Gasteiger partial charge in [0.1, 0.15) is 12.4 Å². The van der Waals surface area contributed by atoms with Gasteiger partial charge in [0, 0.05) is 29.7 Å². The minimum atomic E-state index is 0.507. The second-order valence-electron chi connectivity index (χ2n) is 7.69. The molecule has 1 N–H and O–H groups in total. The van der Waals surface area contributed by atoms with Crippen molar-refractivity contribution in [3.63, 3.8) is 0 Å². The molecule has 0 bridgehead atoms. The van der Waals surface area contributed by atoms with Gasteiger partial charge in [0.15, 0.2) is 0 Å². The highest BCUT2D eigenvalue weighted by Gasteiger charge is 2.11. The van der Waals surface area contributed by atoms with E-state index in [0.29, 0.717) is 6.61 Å². The van der Waals surface area contributed by atoms with Gasteiger partial charge in [-0.15, -0.1) is 11.3 Å². The molecule has 0 aliphatic heterocycles. The van der Waals surface area contributed by atoms with Crippen molar-refractivity contribution in [2.45, 2.75) is 47.0 Å². The molecule has 0 aliphatic carbocycles. The first kappa shape index (κ1) is 21.3. The Hall–Kier alpha value is -2.96. The molecule has 0 saturated carbocycles. The SMILES string of the molecule is Cc1nc(COc2ccc(CNCc3c(C)nn(Cc4ccccc4)c3C)cc2)cs1. The lowest BCUT2D eigenvalue weighted by Gasteiger charge is -2.09. The van der Waals surface area contributed by atoms with E-state index in [1.807, 2.05) is 30.5 Å². The Morgan fingerprint density at radius 1 is 0.935 bits per heavy atom. The highest BCUT2D eigenvalue weighted by atomic mass is 32.1. The van der Waals surface area contributed by atoms with Crippen molar-refractivity contribution >= 4 is 11.3 Å². The van der Waals surface area contributed by atoms with Crippen LogP contribution in [0.15, 0.2) is 60.0 Å². The standard InChI is InChI=1S/C25H28N4OS/c1-18-25(19(2)29(28-18)15-22-7-5-4-6-8-22)14-26-13-21-9-11-24(12-10-21)30-16-23-17-31-20(3)27-23/h4-12,17,26H,13-16H2,1-3H3. The van der Waals surface area contributed by atoms with Crippen LogP contribution in [0.5, 0.6) is 5.75 Å². The predicted molar refractivity (Wildman–Crippen MR) is 125 cm³/mol. The topological polar surface area (TPSA) is 52.0 Å². The number of nitrogens with one attached hydrogen (secondary N) is 1. The summed E-state index contributed by atoms with van der Waals surface area (Å²) in [6.45, 7) is 9.15. The van der Waals surface area contributed by atoms with E-state index < -0.39 is 0 Å². The molecule has 4 rings (SSSR count). The third-order valence-electron chi connectivity index (χ3n) is 5.31. The predicted octanol–water partition coefficient (Wildman–Crippen LogP) is 5.18. The molecule has 2 aromatic heterocycles. The van der Waals surface area contributed by atoms with Crippen LogP contribution in [0.2, 0.25) is 0 Å². The molecule has 0 spiro atoms. The minimum Gasteiger partial charge on any atom is -0.487 e. The van der Waals surface area contributed by atoms with Crippen LogP contribution in [0.1, 0.15) is 38.8 Å². The number of aromatic nitrogens is 3. The van der Waals surface area contributed by atoms with Crippen LogP contribution in [0.25, 0.3) is 0 Å². The summed E-state index contributed by atoms with van der Waals surface area (Å²) >= 11 is 1.65. The van der Waals surface area contributed by atoms with Crippen molar-refractivity contribution in [2.24, 2.45) is 0 Å². The van der Waals surface area contributed by atoms with Crippen molar-refractivity contribution in [3.8, 4) is 5.75 Å². The van der Waals surface area contributed by atoms with E-state index in [1.165, 1.54) is 22.4 Å². The summed E-state index contributed by atoms with van der Waals surface area (Å²) in [6.07, 6.45) is 0. The average Bonchev–Trinajstić information content (AvgIpc) is 3.31. The van der Waals surface area contributed by atoms with Crippen LogP contribution in [0, 0.1) is 20.8 Å². The lowest BCUT2D eigenvalue weighted by Crippen LogP contribution is -2.14. The van der Waals surface area contributed by atoms with Crippen LogP contribution in [-0.2, 0) is 26.2 Å². The lowest BCUT2D eigenvalue weighted by atomic mass is 10.1. The second-order valence-corrected chi connectivity index (χ2v) is 8.75. The molecule has 6 heteroatoms. The third-order valence-corrected chi connectivity index (χ3v) is 6.14. The Morgan fingerprint density at radius 2 is 1.71 bits per heavy atom. The maximum Gasteiger partial charge on any atom is 0.131 e. The van der Waals surface area contributed by atoms with Crippen molar-refractivity contribution in [3.05, 3.63) is 98.8 Å². The van der Waals surface area contributed by atoms with E-state index in [2.05, 4.69) is 65.2 Å². The minimum absolute atomic E-state index is 0.507. The molecule has 0 saturated heterocycles. The maximum atomic E-state index is 5.83. The normalized spacial score (nSPS) is 11.1. The fourth-order valence-corrected chi connectivity index (χ4v) is 4.16. The van der Waals surface area contributed by atoms with Gasteiger partial charge in [-0.3, -0.25) is 4.68 Å². The number of hydrogen-bond donors (Lipinski definition) is 1.